The lowest BCUT2D eigenvalue weighted by molar-refractivity contribution is -0.136. The monoisotopic (exact) mass is 395 g/mol. The van der Waals surface area contributed by atoms with Crippen molar-refractivity contribution in [2.24, 2.45) is 0 Å². The van der Waals surface area contributed by atoms with E-state index in [1.807, 2.05) is 24.3 Å². The van der Waals surface area contributed by atoms with Gasteiger partial charge in [-0.25, -0.2) is 4.98 Å². The normalized spacial score (nSPS) is 11.9. The van der Waals surface area contributed by atoms with Crippen molar-refractivity contribution in [3.8, 4) is 0 Å². The Morgan fingerprint density at radius 2 is 1.89 bits per heavy atom. The van der Waals surface area contributed by atoms with E-state index in [1.54, 1.807) is 24.4 Å². The minimum atomic E-state index is -4.46. The fraction of sp³-hybridized carbons (Fsp3) is 0.278. The van der Waals surface area contributed by atoms with E-state index in [-0.39, 0.29) is 11.3 Å². The van der Waals surface area contributed by atoms with E-state index < -0.39 is 18.6 Å². The number of nitrogens with zero attached hydrogens (tertiary/aromatic N) is 2. The zero-order chi connectivity index (χ0) is 19.6. The second-order valence-electron chi connectivity index (χ2n) is 5.84. The van der Waals surface area contributed by atoms with E-state index in [9.17, 15) is 22.8 Å². The fourth-order valence-corrected chi connectivity index (χ4v) is 3.55. The van der Waals surface area contributed by atoms with Crippen molar-refractivity contribution in [1.82, 2.24) is 14.9 Å². The molecule has 1 aromatic heterocycles. The van der Waals surface area contributed by atoms with Crippen LogP contribution in [-0.4, -0.2) is 33.9 Å². The highest BCUT2D eigenvalue weighted by Gasteiger charge is 2.27. The van der Waals surface area contributed by atoms with Crippen molar-refractivity contribution in [2.45, 2.75) is 24.8 Å². The second kappa shape index (κ2) is 7.59. The topological polar surface area (TPSA) is 64.0 Å². The zero-order valence-corrected chi connectivity index (χ0v) is 15.2. The molecule has 0 spiro atoms. The van der Waals surface area contributed by atoms with Crippen molar-refractivity contribution in [3.63, 3.8) is 0 Å². The Morgan fingerprint density at radius 3 is 2.52 bits per heavy atom. The van der Waals surface area contributed by atoms with E-state index in [0.717, 1.165) is 22.5 Å². The van der Waals surface area contributed by atoms with Gasteiger partial charge < -0.3 is 5.32 Å². The van der Waals surface area contributed by atoms with Crippen LogP contribution in [0.5, 0.6) is 0 Å². The number of fused-ring (bicyclic) bond motifs is 2. The lowest BCUT2D eigenvalue weighted by atomic mass is 10.1. The molecule has 0 saturated carbocycles. The molecule has 0 saturated heterocycles. The summed E-state index contributed by atoms with van der Waals surface area (Å²) in [5.74, 6) is -1.03. The molecule has 0 fully saturated rings. The van der Waals surface area contributed by atoms with Gasteiger partial charge in [-0.15, -0.1) is 0 Å². The summed E-state index contributed by atoms with van der Waals surface area (Å²) >= 11 is 0.937. The summed E-state index contributed by atoms with van der Waals surface area (Å²) in [6.07, 6.45) is -4.46. The summed E-state index contributed by atoms with van der Waals surface area (Å²) in [5.41, 5.74) is 0.244. The number of halogens is 3. The van der Waals surface area contributed by atoms with Gasteiger partial charge in [-0.05, 0) is 29.8 Å². The maximum atomic E-state index is 12.8. The number of rotatable bonds is 5. The van der Waals surface area contributed by atoms with Crippen molar-refractivity contribution in [3.05, 3.63) is 46.8 Å². The maximum Gasteiger partial charge on any atom is 0.405 e. The van der Waals surface area contributed by atoms with Gasteiger partial charge in [-0.2, -0.15) is 13.2 Å². The van der Waals surface area contributed by atoms with Gasteiger partial charge in [0, 0.05) is 6.54 Å². The quantitative estimate of drug-likeness (QED) is 0.409. The number of amides is 1. The van der Waals surface area contributed by atoms with Crippen LogP contribution in [0.4, 0.5) is 13.2 Å². The molecule has 3 rings (SSSR count). The number of benzene rings is 2. The zero-order valence-electron chi connectivity index (χ0n) is 14.3. The summed E-state index contributed by atoms with van der Waals surface area (Å²) < 4.78 is 37.9. The van der Waals surface area contributed by atoms with E-state index >= 15 is 0 Å². The summed E-state index contributed by atoms with van der Waals surface area (Å²) in [5, 5.41) is 4.40. The average molecular weight is 395 g/mol. The van der Waals surface area contributed by atoms with Crippen LogP contribution < -0.4 is 10.9 Å². The van der Waals surface area contributed by atoms with E-state index in [0.29, 0.717) is 22.6 Å². The standard InChI is InChI=1S/C18H16F3N3O2S/c1-2-24-16(26)13-7-11-5-3-4-6-12(11)8-14(13)23-17(24)27-9-15(25)22-10-18(19,20)21/h3-8H,2,9-10H2,1H3,(H,22,25). The van der Waals surface area contributed by atoms with Crippen molar-refractivity contribution in [1.29, 1.82) is 0 Å². The Balaban J connectivity index is 1.91. The van der Waals surface area contributed by atoms with Gasteiger partial charge in [0.2, 0.25) is 5.91 Å². The number of alkyl halides is 3. The Labute approximate surface area is 156 Å². The lowest BCUT2D eigenvalue weighted by Crippen LogP contribution is -2.35. The fourth-order valence-electron chi connectivity index (χ4n) is 2.66. The second-order valence-corrected chi connectivity index (χ2v) is 6.78. The van der Waals surface area contributed by atoms with E-state index in [2.05, 4.69) is 4.98 Å². The molecule has 5 nitrogen and oxygen atoms in total. The molecule has 0 unspecified atom stereocenters. The predicted octanol–water partition coefficient (Wildman–Crippen LogP) is 3.34. The molecule has 27 heavy (non-hydrogen) atoms. The average Bonchev–Trinajstić information content (AvgIpc) is 2.63. The van der Waals surface area contributed by atoms with Crippen LogP contribution >= 0.6 is 11.8 Å². The Hall–Kier alpha value is -2.55. The smallest absolute Gasteiger partial charge is 0.346 e. The van der Waals surface area contributed by atoms with Crippen LogP contribution in [0.2, 0.25) is 0 Å². The molecule has 1 amide bonds. The summed E-state index contributed by atoms with van der Waals surface area (Å²) in [6, 6.07) is 11.1. The third-order valence-corrected chi connectivity index (χ3v) is 4.90. The van der Waals surface area contributed by atoms with Crippen LogP contribution in [0, 0.1) is 0 Å². The minimum Gasteiger partial charge on any atom is -0.346 e. The molecule has 0 radical (unpaired) electrons. The molecule has 0 atom stereocenters. The summed E-state index contributed by atoms with van der Waals surface area (Å²) in [6.45, 7) is 0.717. The molecule has 0 bridgehead atoms. The highest BCUT2D eigenvalue weighted by atomic mass is 32.2. The van der Waals surface area contributed by atoms with Crippen LogP contribution in [0.15, 0.2) is 46.3 Å². The third kappa shape index (κ3) is 4.41. The minimum absolute atomic E-state index is 0.244. The van der Waals surface area contributed by atoms with Gasteiger partial charge in [0.15, 0.2) is 5.16 Å². The number of nitrogens with one attached hydrogen (secondary N) is 1. The van der Waals surface area contributed by atoms with Gasteiger partial charge in [0.25, 0.3) is 5.56 Å². The first-order valence-electron chi connectivity index (χ1n) is 8.18. The number of hydrogen-bond acceptors (Lipinski definition) is 4. The largest absolute Gasteiger partial charge is 0.405 e. The number of thioether (sulfide) groups is 1. The molecule has 0 aliphatic heterocycles. The van der Waals surface area contributed by atoms with Gasteiger partial charge in [-0.3, -0.25) is 14.2 Å². The third-order valence-electron chi connectivity index (χ3n) is 3.92. The summed E-state index contributed by atoms with van der Waals surface area (Å²) in [7, 11) is 0. The maximum absolute atomic E-state index is 12.8. The van der Waals surface area contributed by atoms with Crippen LogP contribution in [0.25, 0.3) is 21.7 Å². The van der Waals surface area contributed by atoms with E-state index in [4.69, 9.17) is 0 Å². The molecule has 3 aromatic rings. The van der Waals surface area contributed by atoms with E-state index in [1.165, 1.54) is 4.57 Å². The van der Waals surface area contributed by atoms with Gasteiger partial charge >= 0.3 is 6.18 Å². The molecule has 9 heteroatoms. The number of hydrogen-bond donors (Lipinski definition) is 1. The first-order valence-corrected chi connectivity index (χ1v) is 9.16. The molecule has 1 heterocycles. The highest BCUT2D eigenvalue weighted by Crippen LogP contribution is 2.22. The first kappa shape index (κ1) is 19.2. The Morgan fingerprint density at radius 1 is 1.22 bits per heavy atom. The van der Waals surface area contributed by atoms with Crippen molar-refractivity contribution in [2.75, 3.05) is 12.3 Å². The number of carbonyl (C=O) groups excluding carboxylic acids is 1. The molecule has 142 valence electrons. The van der Waals surface area contributed by atoms with Crippen molar-refractivity contribution < 1.29 is 18.0 Å². The molecular weight excluding hydrogens is 379 g/mol. The highest BCUT2D eigenvalue weighted by molar-refractivity contribution is 7.99. The Kier molecular flexibility index (Phi) is 5.41. The summed E-state index contributed by atoms with van der Waals surface area (Å²) in [4.78, 5) is 28.9. The van der Waals surface area contributed by atoms with Gasteiger partial charge in [0.1, 0.15) is 6.54 Å². The number of aromatic nitrogens is 2. The van der Waals surface area contributed by atoms with Crippen LogP contribution in [-0.2, 0) is 11.3 Å². The number of carbonyl (C=O) groups is 1. The van der Waals surface area contributed by atoms with Gasteiger partial charge in [0.05, 0.1) is 16.7 Å². The lowest BCUT2D eigenvalue weighted by Gasteiger charge is -2.12. The molecule has 0 aliphatic carbocycles. The molecule has 2 aromatic carbocycles. The SMILES string of the molecule is CCn1c(SCC(=O)NCC(F)(F)F)nc2cc3ccccc3cc2c1=O. The predicted molar refractivity (Wildman–Crippen MR) is 99.0 cm³/mol. The molecule has 1 N–H and O–H groups in total. The van der Waals surface area contributed by atoms with Crippen LogP contribution in [0.1, 0.15) is 6.92 Å². The Bertz CT molecular complexity index is 1060. The molecular formula is C18H16F3N3O2S. The first-order chi connectivity index (χ1) is 12.8. The molecule has 0 aliphatic rings. The van der Waals surface area contributed by atoms with Gasteiger partial charge in [-0.1, -0.05) is 36.0 Å². The van der Waals surface area contributed by atoms with Crippen molar-refractivity contribution >= 4 is 39.3 Å². The van der Waals surface area contributed by atoms with Crippen LogP contribution in [0.3, 0.4) is 0 Å².